The van der Waals surface area contributed by atoms with Crippen LogP contribution in [0.2, 0.25) is 0 Å². The standard InChI is InChI=1S/C25H23FN4OS/c26-22-13-11-19(12-14-22)15-23-28-25(32-29-23)30(17-21-9-5-2-6-10-21)18-24(31)27-16-20-7-3-1-4-8-20/h1-14H,15-18H2,(H,27,31). The number of rotatable bonds is 9. The summed E-state index contributed by atoms with van der Waals surface area (Å²) in [6.07, 6.45) is 0.510. The molecule has 1 amide bonds. The summed E-state index contributed by atoms with van der Waals surface area (Å²) in [5.41, 5.74) is 3.07. The van der Waals surface area contributed by atoms with Crippen molar-refractivity contribution >= 4 is 22.6 Å². The van der Waals surface area contributed by atoms with Crippen molar-refractivity contribution in [2.45, 2.75) is 19.5 Å². The van der Waals surface area contributed by atoms with Gasteiger partial charge in [0.05, 0.1) is 6.54 Å². The van der Waals surface area contributed by atoms with Crippen molar-refractivity contribution in [3.8, 4) is 0 Å². The molecule has 7 heteroatoms. The summed E-state index contributed by atoms with van der Waals surface area (Å²) in [4.78, 5) is 19.3. The normalized spacial score (nSPS) is 10.7. The number of aromatic nitrogens is 2. The second-order valence-corrected chi connectivity index (χ2v) is 8.13. The highest BCUT2D eigenvalue weighted by molar-refractivity contribution is 7.09. The Morgan fingerprint density at radius 2 is 1.53 bits per heavy atom. The Morgan fingerprint density at radius 3 is 2.22 bits per heavy atom. The fourth-order valence-electron chi connectivity index (χ4n) is 3.25. The van der Waals surface area contributed by atoms with Crippen molar-refractivity contribution < 1.29 is 9.18 Å². The van der Waals surface area contributed by atoms with Crippen LogP contribution in [-0.2, 0) is 24.3 Å². The Kier molecular flexibility index (Phi) is 7.19. The predicted octanol–water partition coefficient (Wildman–Crippen LogP) is 4.59. The number of hydrogen-bond acceptors (Lipinski definition) is 5. The van der Waals surface area contributed by atoms with E-state index < -0.39 is 0 Å². The predicted molar refractivity (Wildman–Crippen MR) is 125 cm³/mol. The van der Waals surface area contributed by atoms with Gasteiger partial charge in [0.2, 0.25) is 11.0 Å². The monoisotopic (exact) mass is 446 g/mol. The summed E-state index contributed by atoms with van der Waals surface area (Å²) in [6.45, 7) is 1.20. The van der Waals surface area contributed by atoms with E-state index in [1.54, 1.807) is 12.1 Å². The smallest absolute Gasteiger partial charge is 0.239 e. The molecule has 5 nitrogen and oxygen atoms in total. The molecular weight excluding hydrogens is 423 g/mol. The number of nitrogens with zero attached hydrogens (tertiary/aromatic N) is 3. The highest BCUT2D eigenvalue weighted by Crippen LogP contribution is 2.21. The lowest BCUT2D eigenvalue weighted by Crippen LogP contribution is -2.36. The molecule has 0 aliphatic rings. The van der Waals surface area contributed by atoms with Crippen molar-refractivity contribution in [1.29, 1.82) is 0 Å². The van der Waals surface area contributed by atoms with E-state index in [9.17, 15) is 9.18 Å². The van der Waals surface area contributed by atoms with Crippen molar-refractivity contribution in [3.05, 3.63) is 113 Å². The number of hydrogen-bond donors (Lipinski definition) is 1. The Hall–Kier alpha value is -3.58. The van der Waals surface area contributed by atoms with Crippen LogP contribution in [0, 0.1) is 5.82 Å². The van der Waals surface area contributed by atoms with Crippen LogP contribution in [0.4, 0.5) is 9.52 Å². The number of carbonyl (C=O) groups excluding carboxylic acids is 1. The molecule has 0 radical (unpaired) electrons. The Bertz CT molecular complexity index is 1130. The molecule has 1 N–H and O–H groups in total. The number of benzene rings is 3. The zero-order valence-corrected chi connectivity index (χ0v) is 18.3. The van der Waals surface area contributed by atoms with Crippen molar-refractivity contribution in [2.75, 3.05) is 11.4 Å². The first kappa shape index (κ1) is 21.6. The van der Waals surface area contributed by atoms with Crippen LogP contribution in [0.25, 0.3) is 0 Å². The molecule has 162 valence electrons. The van der Waals surface area contributed by atoms with E-state index in [4.69, 9.17) is 0 Å². The summed E-state index contributed by atoms with van der Waals surface area (Å²) in [5, 5.41) is 3.66. The van der Waals surface area contributed by atoms with Gasteiger partial charge < -0.3 is 10.2 Å². The van der Waals surface area contributed by atoms with Crippen LogP contribution >= 0.6 is 11.5 Å². The summed E-state index contributed by atoms with van der Waals surface area (Å²) in [5.74, 6) is 0.302. The zero-order valence-electron chi connectivity index (χ0n) is 17.4. The number of amides is 1. The molecule has 0 unspecified atom stereocenters. The largest absolute Gasteiger partial charge is 0.350 e. The van der Waals surface area contributed by atoms with Crippen LogP contribution in [0.15, 0.2) is 84.9 Å². The number of nitrogens with one attached hydrogen (secondary N) is 1. The molecule has 0 aliphatic heterocycles. The van der Waals surface area contributed by atoms with Gasteiger partial charge in [-0.05, 0) is 28.8 Å². The van der Waals surface area contributed by atoms with E-state index in [-0.39, 0.29) is 18.3 Å². The summed E-state index contributed by atoms with van der Waals surface area (Å²) < 4.78 is 17.6. The molecule has 0 spiro atoms. The highest BCUT2D eigenvalue weighted by Gasteiger charge is 2.17. The molecule has 0 atom stereocenters. The van der Waals surface area contributed by atoms with Gasteiger partial charge in [-0.1, -0.05) is 72.8 Å². The van der Waals surface area contributed by atoms with Crippen LogP contribution in [0.1, 0.15) is 22.5 Å². The third kappa shape index (κ3) is 6.21. The van der Waals surface area contributed by atoms with Crippen LogP contribution in [-0.4, -0.2) is 21.8 Å². The van der Waals surface area contributed by atoms with E-state index in [1.165, 1.54) is 23.7 Å². The van der Waals surface area contributed by atoms with Gasteiger partial charge in [-0.3, -0.25) is 4.79 Å². The lowest BCUT2D eigenvalue weighted by Gasteiger charge is -2.21. The van der Waals surface area contributed by atoms with Crippen LogP contribution in [0.5, 0.6) is 0 Å². The maximum absolute atomic E-state index is 13.2. The lowest BCUT2D eigenvalue weighted by atomic mass is 10.1. The molecule has 3 aromatic carbocycles. The fraction of sp³-hybridized carbons (Fsp3) is 0.160. The van der Waals surface area contributed by atoms with E-state index in [2.05, 4.69) is 14.7 Å². The summed E-state index contributed by atoms with van der Waals surface area (Å²) in [6, 6.07) is 26.1. The molecule has 0 fully saturated rings. The maximum Gasteiger partial charge on any atom is 0.239 e. The minimum atomic E-state index is -0.267. The minimum absolute atomic E-state index is 0.0833. The first-order valence-electron chi connectivity index (χ1n) is 10.3. The van der Waals surface area contributed by atoms with Gasteiger partial charge in [-0.2, -0.15) is 4.37 Å². The Balaban J connectivity index is 1.45. The van der Waals surface area contributed by atoms with E-state index in [1.807, 2.05) is 65.6 Å². The topological polar surface area (TPSA) is 58.1 Å². The summed E-state index contributed by atoms with van der Waals surface area (Å²) >= 11 is 1.27. The van der Waals surface area contributed by atoms with E-state index >= 15 is 0 Å². The number of halogens is 1. The zero-order chi connectivity index (χ0) is 22.2. The molecule has 0 aliphatic carbocycles. The lowest BCUT2D eigenvalue weighted by molar-refractivity contribution is -0.119. The molecule has 0 bridgehead atoms. The van der Waals surface area contributed by atoms with Gasteiger partial charge in [-0.25, -0.2) is 9.37 Å². The quantitative estimate of drug-likeness (QED) is 0.409. The van der Waals surface area contributed by atoms with Crippen LogP contribution in [0.3, 0.4) is 0 Å². The third-order valence-corrected chi connectivity index (χ3v) is 5.70. The number of anilines is 1. The first-order valence-corrected chi connectivity index (χ1v) is 11.1. The van der Waals surface area contributed by atoms with Gasteiger partial charge in [0.15, 0.2) is 0 Å². The molecule has 1 heterocycles. The molecule has 1 aromatic heterocycles. The summed E-state index contributed by atoms with van der Waals surface area (Å²) in [7, 11) is 0. The second kappa shape index (κ2) is 10.6. The average Bonchev–Trinajstić information content (AvgIpc) is 3.29. The maximum atomic E-state index is 13.2. The number of carbonyl (C=O) groups is 1. The van der Waals surface area contributed by atoms with Crippen molar-refractivity contribution in [2.24, 2.45) is 0 Å². The van der Waals surface area contributed by atoms with Crippen molar-refractivity contribution in [3.63, 3.8) is 0 Å². The Morgan fingerprint density at radius 1 is 0.875 bits per heavy atom. The molecule has 0 saturated heterocycles. The van der Waals surface area contributed by atoms with Crippen molar-refractivity contribution in [1.82, 2.24) is 14.7 Å². The minimum Gasteiger partial charge on any atom is -0.350 e. The molecule has 32 heavy (non-hydrogen) atoms. The SMILES string of the molecule is O=C(CN(Cc1ccccc1)c1nc(Cc2ccc(F)cc2)ns1)NCc1ccccc1. The second-order valence-electron chi connectivity index (χ2n) is 7.40. The van der Waals surface area contributed by atoms with Gasteiger partial charge in [0.1, 0.15) is 11.6 Å². The van der Waals surface area contributed by atoms with Gasteiger partial charge in [-0.15, -0.1) is 0 Å². The average molecular weight is 447 g/mol. The van der Waals surface area contributed by atoms with E-state index in [0.29, 0.717) is 30.5 Å². The Labute approximate surface area is 190 Å². The third-order valence-electron chi connectivity index (χ3n) is 4.89. The van der Waals surface area contributed by atoms with Gasteiger partial charge in [0.25, 0.3) is 0 Å². The first-order chi connectivity index (χ1) is 15.7. The van der Waals surface area contributed by atoms with E-state index in [0.717, 1.165) is 16.7 Å². The molecule has 4 aromatic rings. The van der Waals surface area contributed by atoms with Crippen LogP contribution < -0.4 is 10.2 Å². The molecule has 0 saturated carbocycles. The highest BCUT2D eigenvalue weighted by atomic mass is 32.1. The molecular formula is C25H23FN4OS. The fourth-order valence-corrected chi connectivity index (χ4v) is 3.93. The van der Waals surface area contributed by atoms with Gasteiger partial charge in [0, 0.05) is 31.0 Å². The van der Waals surface area contributed by atoms with Gasteiger partial charge >= 0.3 is 0 Å². The molecule has 4 rings (SSSR count).